The Labute approximate surface area is 191 Å². The molecule has 1 fully saturated rings. The van der Waals surface area contributed by atoms with E-state index < -0.39 is 34.2 Å². The monoisotopic (exact) mass is 475 g/mol. The minimum atomic E-state index is -3.92. The van der Waals surface area contributed by atoms with Gasteiger partial charge in [0.05, 0.1) is 30.0 Å². The number of benzene rings is 2. The van der Waals surface area contributed by atoms with Crippen LogP contribution in [0.1, 0.15) is 12.0 Å². The molecule has 3 rings (SSSR count). The quantitative estimate of drug-likeness (QED) is 0.415. The average Bonchev–Trinajstić information content (AvgIpc) is 3.08. The lowest BCUT2D eigenvalue weighted by Gasteiger charge is -2.30. The van der Waals surface area contributed by atoms with E-state index in [1.165, 1.54) is 43.4 Å². The molecule has 1 unspecified atom stereocenters. The van der Waals surface area contributed by atoms with Crippen molar-refractivity contribution in [3.05, 3.63) is 60.2 Å². The lowest BCUT2D eigenvalue weighted by Crippen LogP contribution is -2.49. The molecule has 1 atom stereocenters. The highest BCUT2D eigenvalue weighted by Gasteiger charge is 2.45. The summed E-state index contributed by atoms with van der Waals surface area (Å²) in [6.07, 6.45) is -0.992. The number of sulfonamides is 1. The molecule has 0 aromatic heterocycles. The number of ether oxygens (including phenoxy) is 2. The minimum Gasteiger partial charge on any atom is -0.354 e. The van der Waals surface area contributed by atoms with Crippen LogP contribution in [0.5, 0.6) is 0 Å². The van der Waals surface area contributed by atoms with Crippen molar-refractivity contribution in [3.8, 4) is 0 Å². The molecule has 176 valence electrons. The van der Waals surface area contributed by atoms with E-state index in [0.717, 1.165) is 10.5 Å². The largest absolute Gasteiger partial charge is 0.354 e. The fourth-order valence-electron chi connectivity index (χ4n) is 3.60. The van der Waals surface area contributed by atoms with Crippen molar-refractivity contribution in [2.24, 2.45) is 5.14 Å². The molecule has 0 aliphatic carbocycles. The summed E-state index contributed by atoms with van der Waals surface area (Å²) in [5.41, 5.74) is 0.941. The molecule has 1 saturated heterocycles. The van der Waals surface area contributed by atoms with Crippen LogP contribution in [0.3, 0.4) is 0 Å². The fourth-order valence-corrected chi connectivity index (χ4v) is 4.11. The van der Waals surface area contributed by atoms with E-state index in [4.69, 9.17) is 14.6 Å². The zero-order valence-corrected chi connectivity index (χ0v) is 19.0. The summed E-state index contributed by atoms with van der Waals surface area (Å²) in [5, 5.41) is 5.10. The Balaban J connectivity index is 1.88. The summed E-state index contributed by atoms with van der Waals surface area (Å²) in [6, 6.07) is 13.0. The molecule has 1 aliphatic heterocycles. The van der Waals surface area contributed by atoms with Crippen LogP contribution in [0.4, 0.5) is 5.69 Å². The van der Waals surface area contributed by atoms with Gasteiger partial charge in [-0.3, -0.25) is 14.4 Å². The maximum Gasteiger partial charge on any atom is 0.257 e. The van der Waals surface area contributed by atoms with Crippen molar-refractivity contribution in [2.45, 2.75) is 30.1 Å². The van der Waals surface area contributed by atoms with Crippen molar-refractivity contribution >= 4 is 33.4 Å². The number of primary sulfonamides is 1. The van der Waals surface area contributed by atoms with E-state index in [0.29, 0.717) is 0 Å². The van der Waals surface area contributed by atoms with Gasteiger partial charge < -0.3 is 14.4 Å². The van der Waals surface area contributed by atoms with Crippen molar-refractivity contribution < 1.29 is 32.3 Å². The Bertz CT molecular complexity index is 1120. The molecule has 2 aromatic rings. The van der Waals surface area contributed by atoms with E-state index in [2.05, 4.69) is 0 Å². The number of amides is 3. The normalized spacial score (nSPS) is 16.5. The van der Waals surface area contributed by atoms with E-state index in [9.17, 15) is 22.8 Å². The number of hydrogen-bond acceptors (Lipinski definition) is 7. The Hall–Kier alpha value is -3.12. The van der Waals surface area contributed by atoms with Crippen LogP contribution in [0, 0.1) is 0 Å². The van der Waals surface area contributed by atoms with Gasteiger partial charge in [0.1, 0.15) is 6.04 Å². The maximum atomic E-state index is 13.2. The van der Waals surface area contributed by atoms with Crippen molar-refractivity contribution in [1.29, 1.82) is 0 Å². The molecule has 2 N–H and O–H groups in total. The average molecular weight is 476 g/mol. The number of nitrogens with zero attached hydrogens (tertiary/aromatic N) is 2. The predicted molar refractivity (Wildman–Crippen MR) is 118 cm³/mol. The van der Waals surface area contributed by atoms with Crippen molar-refractivity contribution in [2.75, 3.05) is 25.7 Å². The van der Waals surface area contributed by atoms with Gasteiger partial charge in [-0.05, 0) is 29.8 Å². The summed E-state index contributed by atoms with van der Waals surface area (Å²) in [7, 11) is -1.10. The van der Waals surface area contributed by atoms with Gasteiger partial charge in [0.2, 0.25) is 21.8 Å². The third-order valence-corrected chi connectivity index (χ3v) is 6.24. The number of carbonyl (C=O) groups is 3. The van der Waals surface area contributed by atoms with E-state index in [1.807, 2.05) is 6.07 Å². The van der Waals surface area contributed by atoms with Crippen LogP contribution < -0.4 is 10.0 Å². The number of methoxy groups -OCH3 is 2. The first kappa shape index (κ1) is 24.5. The highest BCUT2D eigenvalue weighted by Crippen LogP contribution is 2.27. The molecule has 0 spiro atoms. The smallest absolute Gasteiger partial charge is 0.257 e. The molecular weight excluding hydrogens is 450 g/mol. The Morgan fingerprint density at radius 1 is 1.09 bits per heavy atom. The number of nitrogens with two attached hydrogens (primary N) is 1. The molecule has 33 heavy (non-hydrogen) atoms. The minimum absolute atomic E-state index is 0.0298. The first-order valence-corrected chi connectivity index (χ1v) is 11.6. The maximum absolute atomic E-state index is 13.2. The first-order valence-electron chi connectivity index (χ1n) is 10.0. The first-order chi connectivity index (χ1) is 15.7. The number of anilines is 1. The van der Waals surface area contributed by atoms with E-state index >= 15 is 0 Å². The summed E-state index contributed by atoms with van der Waals surface area (Å²) >= 11 is 0. The molecule has 0 radical (unpaired) electrons. The van der Waals surface area contributed by atoms with Crippen LogP contribution in [0.15, 0.2) is 59.5 Å². The van der Waals surface area contributed by atoms with Crippen LogP contribution >= 0.6 is 0 Å². The van der Waals surface area contributed by atoms with Crippen LogP contribution in [0.2, 0.25) is 0 Å². The molecular formula is C22H25N3O7S. The highest BCUT2D eigenvalue weighted by atomic mass is 32.2. The molecule has 0 saturated carbocycles. The van der Waals surface area contributed by atoms with Gasteiger partial charge in [0, 0.05) is 14.2 Å². The van der Waals surface area contributed by atoms with Gasteiger partial charge in [0.25, 0.3) is 5.91 Å². The Kier molecular flexibility index (Phi) is 7.59. The van der Waals surface area contributed by atoms with Gasteiger partial charge in [-0.15, -0.1) is 0 Å². The standard InChI is InChI=1S/C22H25N3O7S/c1-31-21(32-2)14-24(19(26)12-15-6-4-3-5-7-15)18-13-20(27)25(22(18)28)16-8-10-17(11-9-16)33(23,29)30/h3-11,18,21H,12-14H2,1-2H3,(H2,23,29,30). The topological polar surface area (TPSA) is 136 Å². The number of hydrogen-bond donors (Lipinski definition) is 1. The van der Waals surface area contributed by atoms with Gasteiger partial charge in [-0.25, -0.2) is 18.5 Å². The third kappa shape index (κ3) is 5.63. The Morgan fingerprint density at radius 3 is 2.24 bits per heavy atom. The number of carbonyl (C=O) groups excluding carboxylic acids is 3. The number of imide groups is 1. The SMILES string of the molecule is COC(CN(C(=O)Cc1ccccc1)C1CC(=O)N(c2ccc(S(N)(=O)=O)cc2)C1=O)OC. The molecule has 10 nitrogen and oxygen atoms in total. The second kappa shape index (κ2) is 10.2. The van der Waals surface area contributed by atoms with Crippen molar-refractivity contribution in [1.82, 2.24) is 4.90 Å². The lowest BCUT2D eigenvalue weighted by atomic mass is 10.1. The zero-order chi connectivity index (χ0) is 24.2. The Morgan fingerprint density at radius 2 is 1.70 bits per heavy atom. The molecule has 11 heteroatoms. The fraction of sp³-hybridized carbons (Fsp3) is 0.318. The van der Waals surface area contributed by atoms with Crippen LogP contribution in [-0.4, -0.2) is 64.1 Å². The van der Waals surface area contributed by atoms with Crippen LogP contribution in [-0.2, 0) is 40.3 Å². The number of rotatable bonds is 9. The van der Waals surface area contributed by atoms with E-state index in [-0.39, 0.29) is 35.9 Å². The summed E-state index contributed by atoms with van der Waals surface area (Å²) in [4.78, 5) is 41.2. The molecule has 1 heterocycles. The highest BCUT2D eigenvalue weighted by molar-refractivity contribution is 7.89. The molecule has 1 aliphatic rings. The predicted octanol–water partition coefficient (Wildman–Crippen LogP) is 0.656. The van der Waals surface area contributed by atoms with Crippen molar-refractivity contribution in [3.63, 3.8) is 0 Å². The second-order valence-electron chi connectivity index (χ2n) is 7.44. The van der Waals surface area contributed by atoms with E-state index in [1.54, 1.807) is 24.3 Å². The van der Waals surface area contributed by atoms with Gasteiger partial charge >= 0.3 is 0 Å². The van der Waals surface area contributed by atoms with Gasteiger partial charge in [0.15, 0.2) is 6.29 Å². The molecule has 3 amide bonds. The summed E-state index contributed by atoms with van der Waals surface area (Å²) < 4.78 is 33.4. The summed E-state index contributed by atoms with van der Waals surface area (Å²) in [5.74, 6) is -1.48. The molecule has 0 bridgehead atoms. The van der Waals surface area contributed by atoms with Gasteiger partial charge in [-0.1, -0.05) is 30.3 Å². The molecule has 2 aromatic carbocycles. The summed E-state index contributed by atoms with van der Waals surface area (Å²) in [6.45, 7) is -0.0550. The van der Waals surface area contributed by atoms with Gasteiger partial charge in [-0.2, -0.15) is 0 Å². The third-order valence-electron chi connectivity index (χ3n) is 5.31. The zero-order valence-electron chi connectivity index (χ0n) is 18.2. The second-order valence-corrected chi connectivity index (χ2v) is 9.00. The lowest BCUT2D eigenvalue weighted by molar-refractivity contribution is -0.152. The van der Waals surface area contributed by atoms with Crippen LogP contribution in [0.25, 0.3) is 0 Å².